The minimum atomic E-state index is -0.566. The van der Waals surface area contributed by atoms with Gasteiger partial charge in [-0.05, 0) is 42.5 Å². The van der Waals surface area contributed by atoms with Gasteiger partial charge in [0.15, 0.2) is 5.16 Å². The number of nitrogens with zero attached hydrogens (tertiary/aromatic N) is 2. The molecule has 9 heteroatoms. The fraction of sp³-hybridized carbons (Fsp3) is 0.0455. The molecule has 5 nitrogen and oxygen atoms in total. The molecule has 156 valence electrons. The predicted octanol–water partition coefficient (Wildman–Crippen LogP) is 5.56. The Morgan fingerprint density at radius 3 is 2.55 bits per heavy atom. The highest BCUT2D eigenvalue weighted by Crippen LogP contribution is 2.26. The molecular formula is C22H14Cl2FN3O2S. The maximum Gasteiger partial charge on any atom is 0.266 e. The number of fused-ring (bicyclic) bond motifs is 1. The second kappa shape index (κ2) is 9.09. The lowest BCUT2D eigenvalue weighted by Crippen LogP contribution is -2.23. The number of hydrogen-bond donors (Lipinski definition) is 1. The number of halogens is 3. The number of para-hydroxylation sites is 2. The Hall–Kier alpha value is -2.87. The third kappa shape index (κ3) is 4.58. The van der Waals surface area contributed by atoms with Crippen molar-refractivity contribution in [3.05, 3.63) is 92.9 Å². The van der Waals surface area contributed by atoms with Crippen LogP contribution in [0.1, 0.15) is 0 Å². The summed E-state index contributed by atoms with van der Waals surface area (Å²) in [7, 11) is 0. The van der Waals surface area contributed by atoms with Crippen LogP contribution in [0.3, 0.4) is 0 Å². The quantitative estimate of drug-likeness (QED) is 0.304. The van der Waals surface area contributed by atoms with Gasteiger partial charge >= 0.3 is 0 Å². The maximum atomic E-state index is 14.5. The average molecular weight is 474 g/mol. The van der Waals surface area contributed by atoms with Crippen LogP contribution in [0.2, 0.25) is 10.0 Å². The van der Waals surface area contributed by atoms with Crippen molar-refractivity contribution >= 4 is 57.5 Å². The molecule has 0 unspecified atom stereocenters. The van der Waals surface area contributed by atoms with Crippen LogP contribution >= 0.6 is 35.0 Å². The van der Waals surface area contributed by atoms with Crippen molar-refractivity contribution in [1.82, 2.24) is 9.55 Å². The van der Waals surface area contributed by atoms with E-state index in [-0.39, 0.29) is 22.5 Å². The first-order chi connectivity index (χ1) is 14.9. The molecule has 1 amide bonds. The molecule has 0 saturated carbocycles. The number of anilines is 1. The van der Waals surface area contributed by atoms with Crippen molar-refractivity contribution in [2.75, 3.05) is 11.1 Å². The SMILES string of the molecule is O=C(CSc1nc2ccccc2c(=O)n1-c1ccccc1F)Nc1ccc(Cl)c(Cl)c1. The Bertz CT molecular complexity index is 1360. The van der Waals surface area contributed by atoms with Crippen molar-refractivity contribution in [1.29, 1.82) is 0 Å². The Kier molecular flexibility index (Phi) is 6.27. The third-order valence-corrected chi connectivity index (χ3v) is 6.05. The summed E-state index contributed by atoms with van der Waals surface area (Å²) >= 11 is 12.9. The normalized spacial score (nSPS) is 10.9. The van der Waals surface area contributed by atoms with Crippen molar-refractivity contribution < 1.29 is 9.18 Å². The van der Waals surface area contributed by atoms with Crippen LogP contribution in [0, 0.1) is 5.82 Å². The molecule has 31 heavy (non-hydrogen) atoms. The molecule has 0 saturated heterocycles. The summed E-state index contributed by atoms with van der Waals surface area (Å²) in [5.41, 5.74) is 0.603. The lowest BCUT2D eigenvalue weighted by Gasteiger charge is -2.14. The number of thioether (sulfide) groups is 1. The second-order valence-corrected chi connectivity index (χ2v) is 8.23. The molecule has 0 fully saturated rings. The van der Waals surface area contributed by atoms with Gasteiger partial charge in [-0.1, -0.05) is 59.2 Å². The lowest BCUT2D eigenvalue weighted by atomic mass is 10.2. The number of amides is 1. The highest BCUT2D eigenvalue weighted by molar-refractivity contribution is 7.99. The lowest BCUT2D eigenvalue weighted by molar-refractivity contribution is -0.113. The molecule has 0 aliphatic carbocycles. The monoisotopic (exact) mass is 473 g/mol. The van der Waals surface area contributed by atoms with E-state index in [2.05, 4.69) is 10.3 Å². The first-order valence-electron chi connectivity index (χ1n) is 9.08. The van der Waals surface area contributed by atoms with E-state index in [0.717, 1.165) is 11.8 Å². The Morgan fingerprint density at radius 1 is 1.03 bits per heavy atom. The molecule has 0 aliphatic rings. The first-order valence-corrected chi connectivity index (χ1v) is 10.8. The van der Waals surface area contributed by atoms with Gasteiger partial charge in [-0.3, -0.25) is 14.2 Å². The van der Waals surface area contributed by atoms with Gasteiger partial charge in [-0.2, -0.15) is 0 Å². The van der Waals surface area contributed by atoms with Crippen LogP contribution in [0.5, 0.6) is 0 Å². The number of nitrogens with one attached hydrogen (secondary N) is 1. The Labute approximate surface area is 190 Å². The molecular weight excluding hydrogens is 460 g/mol. The molecule has 0 atom stereocenters. The molecule has 0 aliphatic heterocycles. The number of carbonyl (C=O) groups is 1. The summed E-state index contributed by atoms with van der Waals surface area (Å²) in [4.78, 5) is 30.1. The van der Waals surface area contributed by atoms with Crippen LogP contribution < -0.4 is 10.9 Å². The van der Waals surface area contributed by atoms with E-state index in [1.807, 2.05) is 0 Å². The van der Waals surface area contributed by atoms with Crippen molar-refractivity contribution in [2.45, 2.75) is 5.16 Å². The van der Waals surface area contributed by atoms with E-state index in [9.17, 15) is 14.0 Å². The number of aromatic nitrogens is 2. The Balaban J connectivity index is 1.67. The van der Waals surface area contributed by atoms with Crippen molar-refractivity contribution in [3.63, 3.8) is 0 Å². The summed E-state index contributed by atoms with van der Waals surface area (Å²) in [5.74, 6) is -0.964. The molecule has 1 N–H and O–H groups in total. The zero-order chi connectivity index (χ0) is 22.0. The van der Waals surface area contributed by atoms with E-state index in [4.69, 9.17) is 23.2 Å². The smallest absolute Gasteiger partial charge is 0.266 e. The van der Waals surface area contributed by atoms with Gasteiger partial charge < -0.3 is 5.32 Å². The summed E-state index contributed by atoms with van der Waals surface area (Å²) in [5, 5.41) is 3.97. The number of carbonyl (C=O) groups excluding carboxylic acids is 1. The largest absolute Gasteiger partial charge is 0.325 e. The molecule has 0 radical (unpaired) electrons. The minimum Gasteiger partial charge on any atom is -0.325 e. The van der Waals surface area contributed by atoms with Crippen LogP contribution in [0.15, 0.2) is 76.7 Å². The summed E-state index contributed by atoms with van der Waals surface area (Å²) in [6.07, 6.45) is 0. The molecule has 1 heterocycles. The minimum absolute atomic E-state index is 0.0561. The van der Waals surface area contributed by atoms with Gasteiger partial charge in [0.1, 0.15) is 5.82 Å². The van der Waals surface area contributed by atoms with Crippen LogP contribution in [0.25, 0.3) is 16.6 Å². The summed E-state index contributed by atoms with van der Waals surface area (Å²) in [6, 6.07) is 17.5. The molecule has 4 rings (SSSR count). The van der Waals surface area contributed by atoms with Gasteiger partial charge in [0.2, 0.25) is 5.91 Å². The zero-order valence-corrected chi connectivity index (χ0v) is 18.1. The average Bonchev–Trinajstić information content (AvgIpc) is 2.76. The number of rotatable bonds is 5. The highest BCUT2D eigenvalue weighted by atomic mass is 35.5. The van der Waals surface area contributed by atoms with Crippen LogP contribution in [-0.4, -0.2) is 21.2 Å². The number of benzene rings is 3. The van der Waals surface area contributed by atoms with E-state index in [1.165, 1.54) is 28.8 Å². The molecule has 0 spiro atoms. The van der Waals surface area contributed by atoms with E-state index < -0.39 is 11.4 Å². The van der Waals surface area contributed by atoms with Gasteiger partial charge in [0.25, 0.3) is 5.56 Å². The van der Waals surface area contributed by atoms with E-state index in [1.54, 1.807) is 42.5 Å². The second-order valence-electron chi connectivity index (χ2n) is 6.47. The van der Waals surface area contributed by atoms with Crippen LogP contribution in [0.4, 0.5) is 10.1 Å². The zero-order valence-electron chi connectivity index (χ0n) is 15.8. The fourth-order valence-corrected chi connectivity index (χ4v) is 4.06. The number of hydrogen-bond acceptors (Lipinski definition) is 4. The van der Waals surface area contributed by atoms with Crippen molar-refractivity contribution in [3.8, 4) is 5.69 Å². The molecule has 0 bridgehead atoms. The highest BCUT2D eigenvalue weighted by Gasteiger charge is 2.17. The molecule has 1 aromatic heterocycles. The standard InChI is InChI=1S/C22H14Cl2FN3O2S/c23-15-10-9-13(11-16(15)24)26-20(29)12-31-22-27-18-7-3-1-5-14(18)21(30)28(22)19-8-4-2-6-17(19)25/h1-11H,12H2,(H,26,29). The van der Waals surface area contributed by atoms with E-state index >= 15 is 0 Å². The molecule has 4 aromatic rings. The van der Waals surface area contributed by atoms with Gasteiger partial charge in [0.05, 0.1) is 32.4 Å². The van der Waals surface area contributed by atoms with Gasteiger partial charge in [-0.25, -0.2) is 9.37 Å². The maximum absolute atomic E-state index is 14.5. The summed E-state index contributed by atoms with van der Waals surface area (Å²) < 4.78 is 15.7. The summed E-state index contributed by atoms with van der Waals surface area (Å²) in [6.45, 7) is 0. The third-order valence-electron chi connectivity index (χ3n) is 4.37. The van der Waals surface area contributed by atoms with E-state index in [0.29, 0.717) is 26.6 Å². The fourth-order valence-electron chi connectivity index (χ4n) is 2.96. The van der Waals surface area contributed by atoms with Crippen molar-refractivity contribution in [2.24, 2.45) is 0 Å². The molecule has 3 aromatic carbocycles. The Morgan fingerprint density at radius 2 is 1.77 bits per heavy atom. The van der Waals surface area contributed by atoms with Crippen LogP contribution in [-0.2, 0) is 4.79 Å². The predicted molar refractivity (Wildman–Crippen MR) is 123 cm³/mol. The topological polar surface area (TPSA) is 64.0 Å². The first kappa shape index (κ1) is 21.4. The van der Waals surface area contributed by atoms with Gasteiger partial charge in [-0.15, -0.1) is 0 Å². The van der Waals surface area contributed by atoms with Gasteiger partial charge in [0, 0.05) is 5.69 Å².